The van der Waals surface area contributed by atoms with Gasteiger partial charge in [-0.3, -0.25) is 0 Å². The maximum absolute atomic E-state index is 8.98. The van der Waals surface area contributed by atoms with Crippen molar-refractivity contribution in [2.45, 2.75) is 26.1 Å². The summed E-state index contributed by atoms with van der Waals surface area (Å²) >= 11 is 0. The van der Waals surface area contributed by atoms with Gasteiger partial charge in [0.1, 0.15) is 0 Å². The summed E-state index contributed by atoms with van der Waals surface area (Å²) in [5.41, 5.74) is 3.18. The SMILES string of the molecule is COCc1ccc(COC)c(C(C)C#N)c1. The van der Waals surface area contributed by atoms with Crippen molar-refractivity contribution in [1.29, 1.82) is 5.26 Å². The van der Waals surface area contributed by atoms with Crippen LogP contribution in [0.3, 0.4) is 0 Å². The molecule has 0 aliphatic heterocycles. The second-order valence-electron chi connectivity index (χ2n) is 3.75. The van der Waals surface area contributed by atoms with Crippen LogP contribution < -0.4 is 0 Å². The average molecular weight is 219 g/mol. The van der Waals surface area contributed by atoms with Crippen LogP contribution in [-0.2, 0) is 22.7 Å². The molecule has 0 aromatic heterocycles. The fourth-order valence-corrected chi connectivity index (χ4v) is 1.66. The summed E-state index contributed by atoms with van der Waals surface area (Å²) in [7, 11) is 3.32. The van der Waals surface area contributed by atoms with Crippen molar-refractivity contribution in [3.63, 3.8) is 0 Å². The van der Waals surface area contributed by atoms with Crippen LogP contribution in [0.4, 0.5) is 0 Å². The first-order valence-electron chi connectivity index (χ1n) is 5.22. The number of methoxy groups -OCH3 is 2. The van der Waals surface area contributed by atoms with Gasteiger partial charge in [0.25, 0.3) is 0 Å². The molecule has 0 saturated heterocycles. The lowest BCUT2D eigenvalue weighted by Gasteiger charge is -2.12. The average Bonchev–Trinajstić information content (AvgIpc) is 2.31. The molecule has 0 spiro atoms. The highest BCUT2D eigenvalue weighted by Gasteiger charge is 2.10. The predicted molar refractivity (Wildman–Crippen MR) is 61.9 cm³/mol. The lowest BCUT2D eigenvalue weighted by atomic mass is 9.95. The van der Waals surface area contributed by atoms with Crippen molar-refractivity contribution >= 4 is 0 Å². The highest BCUT2D eigenvalue weighted by molar-refractivity contribution is 5.36. The summed E-state index contributed by atoms with van der Waals surface area (Å²) in [6.07, 6.45) is 0. The molecule has 0 heterocycles. The molecule has 0 amide bonds. The van der Waals surface area contributed by atoms with Crippen molar-refractivity contribution in [2.24, 2.45) is 0 Å². The van der Waals surface area contributed by atoms with Crippen LogP contribution in [-0.4, -0.2) is 14.2 Å². The molecule has 0 aliphatic rings. The summed E-state index contributed by atoms with van der Waals surface area (Å²) in [4.78, 5) is 0. The summed E-state index contributed by atoms with van der Waals surface area (Å²) in [6, 6.07) is 8.28. The number of nitrogens with zero attached hydrogens (tertiary/aromatic N) is 1. The number of ether oxygens (including phenoxy) is 2. The molecule has 1 atom stereocenters. The zero-order chi connectivity index (χ0) is 12.0. The molecule has 1 aromatic rings. The van der Waals surface area contributed by atoms with Crippen LogP contribution in [0.2, 0.25) is 0 Å². The highest BCUT2D eigenvalue weighted by Crippen LogP contribution is 2.22. The van der Waals surface area contributed by atoms with E-state index in [2.05, 4.69) is 6.07 Å². The topological polar surface area (TPSA) is 42.2 Å². The van der Waals surface area contributed by atoms with E-state index in [1.54, 1.807) is 14.2 Å². The Morgan fingerprint density at radius 1 is 1.25 bits per heavy atom. The first-order chi connectivity index (χ1) is 7.72. The van der Waals surface area contributed by atoms with E-state index in [1.165, 1.54) is 0 Å². The Kier molecular flexibility index (Phi) is 4.97. The highest BCUT2D eigenvalue weighted by atomic mass is 16.5. The van der Waals surface area contributed by atoms with E-state index < -0.39 is 0 Å². The van der Waals surface area contributed by atoms with E-state index in [9.17, 15) is 0 Å². The Hall–Kier alpha value is -1.37. The zero-order valence-corrected chi connectivity index (χ0v) is 9.99. The molecule has 0 bridgehead atoms. The molecule has 0 N–H and O–H groups in total. The minimum absolute atomic E-state index is 0.123. The maximum Gasteiger partial charge on any atom is 0.0716 e. The second kappa shape index (κ2) is 6.26. The Balaban J connectivity index is 3.06. The van der Waals surface area contributed by atoms with Crippen LogP contribution in [0.25, 0.3) is 0 Å². The summed E-state index contributed by atoms with van der Waals surface area (Å²) in [6.45, 7) is 3.00. The number of hydrogen-bond donors (Lipinski definition) is 0. The molecule has 1 unspecified atom stereocenters. The van der Waals surface area contributed by atoms with Gasteiger partial charge in [-0.15, -0.1) is 0 Å². The molecule has 1 rings (SSSR count). The van der Waals surface area contributed by atoms with Crippen LogP contribution >= 0.6 is 0 Å². The van der Waals surface area contributed by atoms with Gasteiger partial charge in [0.2, 0.25) is 0 Å². The van der Waals surface area contributed by atoms with Crippen LogP contribution in [0, 0.1) is 11.3 Å². The van der Waals surface area contributed by atoms with Crippen LogP contribution in [0.15, 0.2) is 18.2 Å². The molecule has 3 nitrogen and oxygen atoms in total. The van der Waals surface area contributed by atoms with E-state index in [0.717, 1.165) is 16.7 Å². The lowest BCUT2D eigenvalue weighted by molar-refractivity contribution is 0.181. The molecule has 3 heteroatoms. The summed E-state index contributed by atoms with van der Waals surface area (Å²) in [5, 5.41) is 8.98. The third kappa shape index (κ3) is 3.06. The van der Waals surface area contributed by atoms with Gasteiger partial charge < -0.3 is 9.47 Å². The van der Waals surface area contributed by atoms with Gasteiger partial charge in [-0.05, 0) is 23.6 Å². The molecular weight excluding hydrogens is 202 g/mol. The van der Waals surface area contributed by atoms with E-state index in [0.29, 0.717) is 13.2 Å². The summed E-state index contributed by atoms with van der Waals surface area (Å²) < 4.78 is 10.2. The minimum Gasteiger partial charge on any atom is -0.380 e. The molecule has 0 radical (unpaired) electrons. The third-order valence-corrected chi connectivity index (χ3v) is 2.48. The second-order valence-corrected chi connectivity index (χ2v) is 3.75. The number of hydrogen-bond acceptors (Lipinski definition) is 3. The lowest BCUT2D eigenvalue weighted by Crippen LogP contribution is -2.01. The Morgan fingerprint density at radius 2 is 1.94 bits per heavy atom. The van der Waals surface area contributed by atoms with Crippen molar-refractivity contribution < 1.29 is 9.47 Å². The van der Waals surface area contributed by atoms with Gasteiger partial charge in [-0.25, -0.2) is 0 Å². The van der Waals surface area contributed by atoms with Crippen molar-refractivity contribution in [1.82, 2.24) is 0 Å². The van der Waals surface area contributed by atoms with Crippen molar-refractivity contribution in [3.8, 4) is 6.07 Å². The fourth-order valence-electron chi connectivity index (χ4n) is 1.66. The maximum atomic E-state index is 8.98. The predicted octanol–water partition coefficient (Wildman–Crippen LogP) is 2.61. The van der Waals surface area contributed by atoms with E-state index in [1.807, 2.05) is 25.1 Å². The van der Waals surface area contributed by atoms with Crippen molar-refractivity contribution in [2.75, 3.05) is 14.2 Å². The first-order valence-corrected chi connectivity index (χ1v) is 5.22. The Bertz CT molecular complexity index is 382. The number of nitriles is 1. The zero-order valence-electron chi connectivity index (χ0n) is 9.99. The van der Waals surface area contributed by atoms with E-state index >= 15 is 0 Å². The molecule has 86 valence electrons. The third-order valence-electron chi connectivity index (χ3n) is 2.48. The van der Waals surface area contributed by atoms with Gasteiger partial charge in [0.05, 0.1) is 25.2 Å². The summed E-state index contributed by atoms with van der Waals surface area (Å²) in [5.74, 6) is -0.123. The van der Waals surface area contributed by atoms with Crippen LogP contribution in [0.5, 0.6) is 0 Å². The molecule has 1 aromatic carbocycles. The normalized spacial score (nSPS) is 12.1. The fraction of sp³-hybridized carbons (Fsp3) is 0.462. The number of benzene rings is 1. The van der Waals surface area contributed by atoms with Crippen LogP contribution in [0.1, 0.15) is 29.5 Å². The molecule has 0 aliphatic carbocycles. The standard InChI is InChI=1S/C13H17NO2/c1-10(7-14)13-6-11(8-15-2)4-5-12(13)9-16-3/h4-6,10H,8-9H2,1-3H3. The van der Waals surface area contributed by atoms with Gasteiger partial charge >= 0.3 is 0 Å². The molecule has 0 fully saturated rings. The van der Waals surface area contributed by atoms with Gasteiger partial charge in [0, 0.05) is 14.2 Å². The Labute approximate surface area is 96.6 Å². The quantitative estimate of drug-likeness (QED) is 0.764. The molecule has 0 saturated carbocycles. The Morgan fingerprint density at radius 3 is 2.50 bits per heavy atom. The monoisotopic (exact) mass is 219 g/mol. The first kappa shape index (κ1) is 12.7. The minimum atomic E-state index is -0.123. The molecule has 16 heavy (non-hydrogen) atoms. The van der Waals surface area contributed by atoms with E-state index in [-0.39, 0.29) is 5.92 Å². The van der Waals surface area contributed by atoms with Crippen molar-refractivity contribution in [3.05, 3.63) is 34.9 Å². The largest absolute Gasteiger partial charge is 0.380 e. The van der Waals surface area contributed by atoms with E-state index in [4.69, 9.17) is 14.7 Å². The van der Waals surface area contributed by atoms with Gasteiger partial charge in [-0.2, -0.15) is 5.26 Å². The smallest absolute Gasteiger partial charge is 0.0716 e. The molecular formula is C13H17NO2. The van der Waals surface area contributed by atoms with Gasteiger partial charge in [0.15, 0.2) is 0 Å². The van der Waals surface area contributed by atoms with Gasteiger partial charge in [-0.1, -0.05) is 18.2 Å². The number of rotatable bonds is 5.